The number of piperidine rings is 1. The Labute approximate surface area is 191 Å². The Balaban J connectivity index is 1.58. The highest BCUT2D eigenvalue weighted by Crippen LogP contribution is 2.35. The molecule has 1 aromatic heterocycles. The molecule has 1 unspecified atom stereocenters. The van der Waals surface area contributed by atoms with Crippen LogP contribution in [0.2, 0.25) is 0 Å². The number of unbranched alkanes of at least 4 members (excludes halogenated alkanes) is 1. The van der Waals surface area contributed by atoms with E-state index in [0.29, 0.717) is 18.3 Å². The number of methoxy groups -OCH3 is 1. The summed E-state index contributed by atoms with van der Waals surface area (Å²) in [6, 6.07) is 3.21. The summed E-state index contributed by atoms with van der Waals surface area (Å²) in [6.45, 7) is 5.02. The predicted molar refractivity (Wildman–Crippen MR) is 123 cm³/mol. The minimum absolute atomic E-state index is 0.0440. The second kappa shape index (κ2) is 11.8. The Bertz CT molecular complexity index is 906. The number of nitro groups is 1. The van der Waals surface area contributed by atoms with Crippen LogP contribution >= 0.6 is 11.3 Å². The Kier molecular flexibility index (Phi) is 8.81. The molecule has 1 aromatic carbocycles. The van der Waals surface area contributed by atoms with Crippen LogP contribution in [0.5, 0.6) is 11.5 Å². The zero-order valence-electron chi connectivity index (χ0n) is 18.5. The Morgan fingerprint density at radius 3 is 2.88 bits per heavy atom. The fourth-order valence-electron chi connectivity index (χ4n) is 3.84. The smallest absolute Gasteiger partial charge is 0.286 e. The molecule has 1 amide bonds. The summed E-state index contributed by atoms with van der Waals surface area (Å²) in [7, 11) is 1.43. The lowest BCUT2D eigenvalue weighted by atomic mass is 10.0. The molecule has 1 fully saturated rings. The molecule has 2 aromatic rings. The average Bonchev–Trinajstić information content (AvgIpc) is 3.31. The third-order valence-electron chi connectivity index (χ3n) is 5.68. The number of likely N-dealkylation sites (tertiary alicyclic amines) is 1. The first-order chi connectivity index (χ1) is 15.5. The van der Waals surface area contributed by atoms with E-state index in [9.17, 15) is 14.9 Å². The number of carbonyl (C=O) groups is 1. The van der Waals surface area contributed by atoms with Gasteiger partial charge in [-0.05, 0) is 45.7 Å². The highest BCUT2D eigenvalue weighted by atomic mass is 32.1. The molecule has 32 heavy (non-hydrogen) atoms. The van der Waals surface area contributed by atoms with Crippen LogP contribution in [0.15, 0.2) is 23.0 Å². The van der Waals surface area contributed by atoms with E-state index in [2.05, 4.69) is 22.1 Å². The largest absolute Gasteiger partial charge is 0.493 e. The van der Waals surface area contributed by atoms with E-state index in [-0.39, 0.29) is 29.4 Å². The van der Waals surface area contributed by atoms with Crippen LogP contribution < -0.4 is 14.8 Å². The normalized spacial score (nSPS) is 16.5. The zero-order chi connectivity index (χ0) is 22.9. The predicted octanol–water partition coefficient (Wildman–Crippen LogP) is 4.02. The number of amides is 1. The Hall–Kier alpha value is -2.72. The summed E-state index contributed by atoms with van der Waals surface area (Å²) >= 11 is 1.43. The lowest BCUT2D eigenvalue weighted by molar-refractivity contribution is -0.385. The molecule has 1 atom stereocenters. The third-order valence-corrected chi connectivity index (χ3v) is 6.32. The van der Waals surface area contributed by atoms with Gasteiger partial charge in [0.15, 0.2) is 11.5 Å². The average molecular weight is 463 g/mol. The second-order valence-electron chi connectivity index (χ2n) is 7.89. The van der Waals surface area contributed by atoms with Gasteiger partial charge in [-0.25, -0.2) is 4.98 Å². The van der Waals surface area contributed by atoms with Gasteiger partial charge < -0.3 is 19.7 Å². The summed E-state index contributed by atoms with van der Waals surface area (Å²) < 4.78 is 11.0. The van der Waals surface area contributed by atoms with E-state index in [4.69, 9.17) is 9.47 Å². The molecule has 3 rings (SSSR count). The molecule has 0 aliphatic carbocycles. The highest BCUT2D eigenvalue weighted by molar-refractivity contribution is 7.07. The number of hydrogen-bond donors (Lipinski definition) is 1. The van der Waals surface area contributed by atoms with E-state index in [1.807, 2.05) is 5.38 Å². The zero-order valence-corrected chi connectivity index (χ0v) is 19.4. The van der Waals surface area contributed by atoms with E-state index >= 15 is 0 Å². The van der Waals surface area contributed by atoms with Gasteiger partial charge in [-0.3, -0.25) is 14.9 Å². The van der Waals surface area contributed by atoms with E-state index in [0.717, 1.165) is 25.9 Å². The quantitative estimate of drug-likeness (QED) is 0.305. The first-order valence-electron chi connectivity index (χ1n) is 10.9. The first-order valence-corrected chi connectivity index (χ1v) is 11.8. The van der Waals surface area contributed by atoms with E-state index in [1.54, 1.807) is 5.51 Å². The monoisotopic (exact) mass is 462 g/mol. The van der Waals surface area contributed by atoms with Crippen LogP contribution in [0.3, 0.4) is 0 Å². The molecule has 10 heteroatoms. The standard InChI is InChI=1S/C22H30N4O5S/c1-16-7-3-5-9-25(16)10-6-4-8-23-22(27)18-11-20(30-2)21(12-19(18)26(28)29)31-13-17-14-32-15-24-17/h11-12,14-16H,3-10,13H2,1-2H3,(H,23,27). The minimum atomic E-state index is -0.582. The van der Waals surface area contributed by atoms with Gasteiger partial charge in [0.2, 0.25) is 0 Å². The van der Waals surface area contributed by atoms with Crippen molar-refractivity contribution in [2.45, 2.75) is 51.7 Å². The number of thiazole rings is 1. The summed E-state index contributed by atoms with van der Waals surface area (Å²) in [5.41, 5.74) is 2.02. The van der Waals surface area contributed by atoms with Crippen LogP contribution in [0.4, 0.5) is 5.69 Å². The van der Waals surface area contributed by atoms with Crippen molar-refractivity contribution < 1.29 is 19.2 Å². The van der Waals surface area contributed by atoms with Gasteiger partial charge in [0, 0.05) is 24.0 Å². The SMILES string of the molecule is COc1cc(C(=O)NCCCCN2CCCCC2C)c([N+](=O)[O-])cc1OCc1cscn1. The summed E-state index contributed by atoms with van der Waals surface area (Å²) in [6.07, 6.45) is 5.57. The lowest BCUT2D eigenvalue weighted by Crippen LogP contribution is -2.38. The molecule has 0 bridgehead atoms. The number of nitrogens with zero attached hydrogens (tertiary/aromatic N) is 3. The number of rotatable bonds is 11. The molecule has 1 aliphatic rings. The second-order valence-corrected chi connectivity index (χ2v) is 8.61. The molecule has 0 radical (unpaired) electrons. The summed E-state index contributed by atoms with van der Waals surface area (Å²) in [5.74, 6) is -0.0399. The number of hydrogen-bond acceptors (Lipinski definition) is 8. The van der Waals surface area contributed by atoms with Crippen LogP contribution in [-0.2, 0) is 6.61 Å². The molecule has 1 saturated heterocycles. The lowest BCUT2D eigenvalue weighted by Gasteiger charge is -2.33. The van der Waals surface area contributed by atoms with Crippen molar-refractivity contribution in [3.05, 3.63) is 44.4 Å². The number of benzene rings is 1. The van der Waals surface area contributed by atoms with Gasteiger partial charge in [0.25, 0.3) is 11.6 Å². The van der Waals surface area contributed by atoms with Crippen LogP contribution in [0.1, 0.15) is 55.1 Å². The van der Waals surface area contributed by atoms with Gasteiger partial charge in [-0.15, -0.1) is 11.3 Å². The molecular formula is C22H30N4O5S. The van der Waals surface area contributed by atoms with Crippen molar-refractivity contribution in [3.8, 4) is 11.5 Å². The fourth-order valence-corrected chi connectivity index (χ4v) is 4.38. The van der Waals surface area contributed by atoms with Crippen LogP contribution in [-0.4, -0.2) is 53.5 Å². The number of ether oxygens (including phenoxy) is 2. The maximum Gasteiger partial charge on any atom is 0.286 e. The van der Waals surface area contributed by atoms with Crippen molar-refractivity contribution in [2.24, 2.45) is 0 Å². The maximum absolute atomic E-state index is 12.7. The van der Waals surface area contributed by atoms with Crippen molar-refractivity contribution in [3.63, 3.8) is 0 Å². The van der Waals surface area contributed by atoms with Gasteiger partial charge in [-0.2, -0.15) is 0 Å². The van der Waals surface area contributed by atoms with Crippen LogP contribution in [0.25, 0.3) is 0 Å². The molecule has 0 spiro atoms. The van der Waals surface area contributed by atoms with Gasteiger partial charge >= 0.3 is 0 Å². The fraction of sp³-hybridized carbons (Fsp3) is 0.545. The molecule has 2 heterocycles. The molecule has 0 saturated carbocycles. The number of carbonyl (C=O) groups excluding carboxylic acids is 1. The molecule has 1 N–H and O–H groups in total. The molecule has 174 valence electrons. The van der Waals surface area contributed by atoms with E-state index in [1.165, 1.54) is 49.8 Å². The highest BCUT2D eigenvalue weighted by Gasteiger charge is 2.25. The molecule has 9 nitrogen and oxygen atoms in total. The van der Waals surface area contributed by atoms with Crippen molar-refractivity contribution >= 4 is 22.9 Å². The Morgan fingerprint density at radius 1 is 1.34 bits per heavy atom. The van der Waals surface area contributed by atoms with Crippen LogP contribution in [0, 0.1) is 10.1 Å². The molecule has 1 aliphatic heterocycles. The maximum atomic E-state index is 12.7. The van der Waals surface area contributed by atoms with Crippen molar-refractivity contribution in [1.82, 2.24) is 15.2 Å². The molecular weight excluding hydrogens is 432 g/mol. The minimum Gasteiger partial charge on any atom is -0.493 e. The third kappa shape index (κ3) is 6.39. The number of aromatic nitrogens is 1. The van der Waals surface area contributed by atoms with Gasteiger partial charge in [0.1, 0.15) is 12.2 Å². The number of nitrogens with one attached hydrogen (secondary N) is 1. The summed E-state index contributed by atoms with van der Waals surface area (Å²) in [5, 5.41) is 16.2. The van der Waals surface area contributed by atoms with Crippen molar-refractivity contribution in [2.75, 3.05) is 26.7 Å². The van der Waals surface area contributed by atoms with Gasteiger partial charge in [-0.1, -0.05) is 6.42 Å². The number of nitro benzene ring substituents is 1. The topological polar surface area (TPSA) is 107 Å². The first kappa shape index (κ1) is 23.9. The Morgan fingerprint density at radius 2 is 2.19 bits per heavy atom. The van der Waals surface area contributed by atoms with E-state index < -0.39 is 10.8 Å². The van der Waals surface area contributed by atoms with Crippen molar-refractivity contribution in [1.29, 1.82) is 0 Å². The summed E-state index contributed by atoms with van der Waals surface area (Å²) in [4.78, 5) is 30.3. The van der Waals surface area contributed by atoms with Gasteiger partial charge in [0.05, 0.1) is 29.3 Å².